The van der Waals surface area contributed by atoms with Crippen LogP contribution >= 0.6 is 7.14 Å². The Morgan fingerprint density at radius 1 is 0.489 bits per heavy atom. The number of aromatic nitrogens is 1. The molecule has 8 aromatic rings. The average molecular weight is 598 g/mol. The molecule has 4 nitrogen and oxygen atoms in total. The van der Waals surface area contributed by atoms with Crippen molar-refractivity contribution >= 4 is 55.6 Å². The Hall–Kier alpha value is -5.57. The third-order valence-electron chi connectivity index (χ3n) is 9.23. The van der Waals surface area contributed by atoms with Gasteiger partial charge < -0.3 is 18.6 Å². The van der Waals surface area contributed by atoms with Crippen LogP contribution in [-0.2, 0) is 4.57 Å². The van der Waals surface area contributed by atoms with Crippen LogP contribution in [0.2, 0.25) is 0 Å². The van der Waals surface area contributed by atoms with E-state index in [4.69, 9.17) is 9.47 Å². The lowest BCUT2D eigenvalue weighted by atomic mass is 10.0. The molecule has 0 N–H and O–H groups in total. The summed E-state index contributed by atoms with van der Waals surface area (Å²) in [4.78, 5) is 0. The van der Waals surface area contributed by atoms with E-state index in [1.807, 2.05) is 66.7 Å². The predicted octanol–water partition coefficient (Wildman–Crippen LogP) is 9.45. The van der Waals surface area contributed by atoms with Gasteiger partial charge in [-0.3, -0.25) is 0 Å². The normalized spacial score (nSPS) is 16.1. The van der Waals surface area contributed by atoms with E-state index in [2.05, 4.69) is 83.4 Å². The van der Waals surface area contributed by atoms with E-state index in [-0.39, 0.29) is 0 Å². The summed E-state index contributed by atoms with van der Waals surface area (Å²) in [6, 6.07) is 49.4. The molecule has 1 atom stereocenters. The molecule has 0 aliphatic carbocycles. The monoisotopic (exact) mass is 597 g/mol. The van der Waals surface area contributed by atoms with Crippen LogP contribution in [0.4, 0.5) is 0 Å². The van der Waals surface area contributed by atoms with Crippen molar-refractivity contribution in [3.05, 3.63) is 146 Å². The number of nitrogens with zero attached hydrogens (tertiary/aromatic N) is 1. The maximum atomic E-state index is 15.5. The number of ether oxygens (including phenoxy) is 2. The summed E-state index contributed by atoms with van der Waals surface area (Å²) in [7, 11) is -3.27. The molecule has 7 aromatic carbocycles. The number of hydrogen-bond acceptors (Lipinski definition) is 3. The van der Waals surface area contributed by atoms with Crippen molar-refractivity contribution in [3.63, 3.8) is 0 Å². The van der Waals surface area contributed by atoms with Crippen LogP contribution in [0.5, 0.6) is 23.0 Å². The topological polar surface area (TPSA) is 40.5 Å². The first-order valence-corrected chi connectivity index (χ1v) is 16.7. The molecule has 2 aliphatic heterocycles. The summed E-state index contributed by atoms with van der Waals surface area (Å²) in [5, 5.41) is 6.52. The SMILES string of the molecule is O=P12c3ccccc3Oc3cc(-c4ccc(-n5c6ccccc6c6ccccc65)cc4)cc(c31)Oc1c2ccc2ccccc12. The van der Waals surface area contributed by atoms with Crippen LogP contribution in [0.25, 0.3) is 49.4 Å². The summed E-state index contributed by atoms with van der Waals surface area (Å²) in [5.41, 5.74) is 5.38. The minimum absolute atomic E-state index is 0.579. The van der Waals surface area contributed by atoms with Crippen molar-refractivity contribution in [2.45, 2.75) is 0 Å². The molecule has 0 saturated heterocycles. The van der Waals surface area contributed by atoms with Crippen molar-refractivity contribution in [2.24, 2.45) is 0 Å². The number of para-hydroxylation sites is 3. The Morgan fingerprint density at radius 3 is 1.87 bits per heavy atom. The molecule has 1 aromatic heterocycles. The summed E-state index contributed by atoms with van der Waals surface area (Å²) in [6.45, 7) is 0. The zero-order valence-corrected chi connectivity index (χ0v) is 24.9. The molecule has 5 heteroatoms. The van der Waals surface area contributed by atoms with Gasteiger partial charge in [0.2, 0.25) is 0 Å². The maximum Gasteiger partial charge on any atom is 0.185 e. The highest BCUT2D eigenvalue weighted by molar-refractivity contribution is 7.86. The van der Waals surface area contributed by atoms with Gasteiger partial charge in [-0.1, -0.05) is 91.0 Å². The fraction of sp³-hybridized carbons (Fsp3) is 0. The van der Waals surface area contributed by atoms with Crippen LogP contribution in [0.1, 0.15) is 0 Å². The van der Waals surface area contributed by atoms with Crippen LogP contribution < -0.4 is 25.4 Å². The Bertz CT molecular complexity index is 2530. The van der Waals surface area contributed by atoms with Gasteiger partial charge in [0.25, 0.3) is 0 Å². The van der Waals surface area contributed by atoms with Crippen LogP contribution in [0, 0.1) is 0 Å². The van der Waals surface area contributed by atoms with Gasteiger partial charge in [0.15, 0.2) is 7.14 Å². The minimum Gasteiger partial charge on any atom is -0.456 e. The first kappa shape index (κ1) is 24.8. The van der Waals surface area contributed by atoms with E-state index in [9.17, 15) is 0 Å². The number of hydrogen-bond donors (Lipinski definition) is 0. The molecule has 10 rings (SSSR count). The van der Waals surface area contributed by atoms with Gasteiger partial charge in [0.05, 0.1) is 21.6 Å². The predicted molar refractivity (Wildman–Crippen MR) is 183 cm³/mol. The fourth-order valence-corrected chi connectivity index (χ4v) is 10.3. The van der Waals surface area contributed by atoms with Crippen LogP contribution in [-0.4, -0.2) is 4.57 Å². The van der Waals surface area contributed by atoms with E-state index in [1.54, 1.807) is 0 Å². The average Bonchev–Trinajstić information content (AvgIpc) is 3.43. The number of benzene rings is 7. The first-order chi connectivity index (χ1) is 22.2. The van der Waals surface area contributed by atoms with Gasteiger partial charge in [0, 0.05) is 21.8 Å². The molecule has 0 radical (unpaired) electrons. The summed E-state index contributed by atoms with van der Waals surface area (Å²) >= 11 is 0. The Labute approximate surface area is 259 Å². The van der Waals surface area contributed by atoms with Crippen molar-refractivity contribution in [1.82, 2.24) is 4.57 Å². The standard InChI is InChI=1S/C40H24NO3P/c42-45-37-16-8-7-15-34(37)43-35-23-27(24-36(40(35)45)44-39-29-10-2-1-9-26(29)19-22-38(39)45)25-17-20-28(21-18-25)41-32-13-5-3-11-30(32)31-12-4-6-14-33(31)41/h1-24H. The van der Waals surface area contributed by atoms with Crippen molar-refractivity contribution in [2.75, 3.05) is 0 Å². The third-order valence-corrected chi connectivity index (χ3v) is 12.4. The highest BCUT2D eigenvalue weighted by atomic mass is 31.2. The van der Waals surface area contributed by atoms with E-state index in [0.29, 0.717) is 38.9 Å². The molecule has 0 bridgehead atoms. The molecular formula is C40H24NO3P. The van der Waals surface area contributed by atoms with Gasteiger partial charge in [-0.05, 0) is 71.1 Å². The van der Waals surface area contributed by atoms with Crippen molar-refractivity contribution < 1.29 is 14.0 Å². The van der Waals surface area contributed by atoms with Crippen LogP contribution in [0.3, 0.4) is 0 Å². The molecular weight excluding hydrogens is 573 g/mol. The Kier molecular flexibility index (Phi) is 4.95. The molecule has 0 fully saturated rings. The molecule has 45 heavy (non-hydrogen) atoms. The van der Waals surface area contributed by atoms with Gasteiger partial charge in [-0.15, -0.1) is 0 Å². The number of rotatable bonds is 2. The molecule has 3 heterocycles. The quantitative estimate of drug-likeness (QED) is 0.186. The van der Waals surface area contributed by atoms with Crippen molar-refractivity contribution in [3.8, 4) is 39.8 Å². The molecule has 1 unspecified atom stereocenters. The molecule has 0 spiro atoms. The first-order valence-electron chi connectivity index (χ1n) is 15.0. The minimum atomic E-state index is -3.27. The zero-order chi connectivity index (χ0) is 29.7. The van der Waals surface area contributed by atoms with Gasteiger partial charge >= 0.3 is 0 Å². The van der Waals surface area contributed by atoms with E-state index in [1.165, 1.54) is 21.8 Å². The fourth-order valence-electron chi connectivity index (χ4n) is 7.21. The van der Waals surface area contributed by atoms with E-state index < -0.39 is 7.14 Å². The lowest BCUT2D eigenvalue weighted by Crippen LogP contribution is -2.35. The second-order valence-corrected chi connectivity index (χ2v) is 14.3. The van der Waals surface area contributed by atoms with Crippen molar-refractivity contribution in [1.29, 1.82) is 0 Å². The lowest BCUT2D eigenvalue weighted by Gasteiger charge is -2.35. The highest BCUT2D eigenvalue weighted by Gasteiger charge is 2.47. The second-order valence-electron chi connectivity index (χ2n) is 11.7. The molecule has 0 saturated carbocycles. The molecule has 2 aliphatic rings. The molecule has 212 valence electrons. The Morgan fingerprint density at radius 2 is 1.11 bits per heavy atom. The lowest BCUT2D eigenvalue weighted by molar-refractivity contribution is 0.464. The maximum absolute atomic E-state index is 15.5. The third kappa shape index (κ3) is 3.35. The Balaban J connectivity index is 1.16. The van der Waals surface area contributed by atoms with Gasteiger partial charge in [-0.2, -0.15) is 0 Å². The van der Waals surface area contributed by atoms with E-state index >= 15 is 4.57 Å². The summed E-state index contributed by atoms with van der Waals surface area (Å²) < 4.78 is 31.0. The summed E-state index contributed by atoms with van der Waals surface area (Å²) in [5.74, 6) is 2.44. The van der Waals surface area contributed by atoms with Crippen LogP contribution in [0.15, 0.2) is 146 Å². The largest absolute Gasteiger partial charge is 0.456 e. The zero-order valence-electron chi connectivity index (χ0n) is 24.0. The van der Waals surface area contributed by atoms with Gasteiger partial charge in [0.1, 0.15) is 28.3 Å². The van der Waals surface area contributed by atoms with Gasteiger partial charge in [-0.25, -0.2) is 0 Å². The smallest absolute Gasteiger partial charge is 0.185 e. The second kappa shape index (κ2) is 8.98. The molecule has 0 amide bonds. The summed E-state index contributed by atoms with van der Waals surface area (Å²) in [6.07, 6.45) is 0. The highest BCUT2D eigenvalue weighted by Crippen LogP contribution is 2.59. The number of fused-ring (bicyclic) bond motifs is 9. The van der Waals surface area contributed by atoms with E-state index in [0.717, 1.165) is 27.6 Å².